The molecule has 0 aliphatic heterocycles. The van der Waals surface area contributed by atoms with Gasteiger partial charge in [-0.3, -0.25) is 4.79 Å². The molecule has 3 heteroatoms. The number of aliphatic hydroxyl groups is 1. The van der Waals surface area contributed by atoms with E-state index >= 15 is 0 Å². The fourth-order valence-corrected chi connectivity index (χ4v) is 6.39. The Kier molecular flexibility index (Phi) is 4.31. The molecule has 5 rings (SSSR count). The van der Waals surface area contributed by atoms with Crippen LogP contribution in [0.5, 0.6) is 0 Å². The summed E-state index contributed by atoms with van der Waals surface area (Å²) >= 11 is 0. The zero-order valence-electron chi connectivity index (χ0n) is 16.2. The normalized spacial score (nSPS) is 36.1. The third-order valence-electron chi connectivity index (χ3n) is 7.61. The van der Waals surface area contributed by atoms with Crippen molar-refractivity contribution in [2.75, 3.05) is 0 Å². The number of hydrogen-bond donors (Lipinski definition) is 1. The number of benzene rings is 2. The Morgan fingerprint density at radius 3 is 2.46 bits per heavy atom. The Hall–Kier alpha value is -2.13. The van der Waals surface area contributed by atoms with Gasteiger partial charge in [-0.05, 0) is 67.4 Å². The van der Waals surface area contributed by atoms with Gasteiger partial charge < -0.3 is 9.84 Å². The van der Waals surface area contributed by atoms with Crippen molar-refractivity contribution in [3.05, 3.63) is 71.8 Å². The van der Waals surface area contributed by atoms with Crippen LogP contribution in [0.4, 0.5) is 0 Å². The fourth-order valence-electron chi connectivity index (χ4n) is 6.39. The monoisotopic (exact) mass is 376 g/mol. The number of fused-ring (bicyclic) bond motifs is 2. The van der Waals surface area contributed by atoms with E-state index in [0.717, 1.165) is 49.7 Å². The van der Waals surface area contributed by atoms with Gasteiger partial charge >= 0.3 is 5.97 Å². The van der Waals surface area contributed by atoms with E-state index in [1.807, 2.05) is 60.7 Å². The van der Waals surface area contributed by atoms with Crippen molar-refractivity contribution in [3.8, 4) is 0 Å². The largest absolute Gasteiger partial charge is 0.460 e. The van der Waals surface area contributed by atoms with E-state index in [-0.39, 0.29) is 11.9 Å². The third-order valence-corrected chi connectivity index (χ3v) is 7.61. The van der Waals surface area contributed by atoms with Crippen molar-refractivity contribution >= 4 is 5.97 Å². The van der Waals surface area contributed by atoms with E-state index in [1.165, 1.54) is 0 Å². The molecular formula is C25H28O3. The van der Waals surface area contributed by atoms with Crippen molar-refractivity contribution in [1.82, 2.24) is 0 Å². The van der Waals surface area contributed by atoms with Crippen LogP contribution in [0.2, 0.25) is 0 Å². The Bertz CT molecular complexity index is 849. The minimum Gasteiger partial charge on any atom is -0.460 e. The molecule has 2 aromatic carbocycles. The van der Waals surface area contributed by atoms with Crippen LogP contribution in [0.3, 0.4) is 0 Å². The molecule has 0 amide bonds. The lowest BCUT2D eigenvalue weighted by Gasteiger charge is -2.38. The lowest BCUT2D eigenvalue weighted by Crippen LogP contribution is -2.39. The number of carbonyl (C=O) groups is 1. The van der Waals surface area contributed by atoms with Gasteiger partial charge in [-0.25, -0.2) is 0 Å². The smallest absolute Gasteiger partial charge is 0.312 e. The van der Waals surface area contributed by atoms with Crippen molar-refractivity contribution in [2.24, 2.45) is 23.2 Å². The molecule has 3 aliphatic rings. The van der Waals surface area contributed by atoms with E-state index in [1.54, 1.807) is 0 Å². The maximum Gasteiger partial charge on any atom is 0.312 e. The van der Waals surface area contributed by atoms with Crippen molar-refractivity contribution in [3.63, 3.8) is 0 Å². The van der Waals surface area contributed by atoms with Crippen LogP contribution in [0.1, 0.15) is 49.7 Å². The molecule has 0 saturated heterocycles. The fraction of sp³-hybridized carbons (Fsp3) is 0.480. The summed E-state index contributed by atoms with van der Waals surface area (Å²) in [5.74, 6) is 1.03. The van der Waals surface area contributed by atoms with Gasteiger partial charge in [0, 0.05) is 0 Å². The molecular weight excluding hydrogens is 348 g/mol. The number of ether oxygens (including phenoxy) is 1. The highest BCUT2D eigenvalue weighted by molar-refractivity contribution is 5.77. The van der Waals surface area contributed by atoms with Crippen molar-refractivity contribution in [1.29, 1.82) is 0 Å². The number of esters is 1. The lowest BCUT2D eigenvalue weighted by molar-refractivity contribution is -0.160. The molecule has 146 valence electrons. The molecule has 1 N–H and O–H groups in total. The summed E-state index contributed by atoms with van der Waals surface area (Å²) in [7, 11) is 0. The standard InChI is InChI=1S/C25H28O3/c26-23(28-17-18-7-3-1-4-8-18)24-14-19-11-12-25(27,21-9-5-2-6-10-21)22(16-24)20(13-19)15-24/h1-10,19-20,22,27H,11-17H2. The molecule has 3 bridgehead atoms. The van der Waals surface area contributed by atoms with E-state index < -0.39 is 11.0 Å². The molecule has 5 atom stereocenters. The Balaban J connectivity index is 1.40. The molecule has 0 spiro atoms. The summed E-state index contributed by atoms with van der Waals surface area (Å²) in [5, 5.41) is 11.8. The SMILES string of the molecule is O=C(OCc1ccccc1)C12CC3CCC(O)(c4ccccc4)C(C1)C(C3)C2. The van der Waals surface area contributed by atoms with Crippen molar-refractivity contribution in [2.45, 2.75) is 50.7 Å². The Morgan fingerprint density at radius 1 is 1.00 bits per heavy atom. The predicted octanol–water partition coefficient (Wildman–Crippen LogP) is 4.83. The second-order valence-electron chi connectivity index (χ2n) is 9.25. The van der Waals surface area contributed by atoms with Crippen LogP contribution >= 0.6 is 0 Å². The Labute approximate surface area is 166 Å². The van der Waals surface area contributed by atoms with Gasteiger partial charge in [0.15, 0.2) is 0 Å². The number of hydrogen-bond acceptors (Lipinski definition) is 3. The molecule has 5 unspecified atom stereocenters. The summed E-state index contributed by atoms with van der Waals surface area (Å²) in [6, 6.07) is 20.0. The molecule has 2 aromatic rings. The molecule has 0 heterocycles. The highest BCUT2D eigenvalue weighted by atomic mass is 16.5. The second-order valence-corrected chi connectivity index (χ2v) is 9.25. The van der Waals surface area contributed by atoms with Gasteiger partial charge in [-0.1, -0.05) is 60.7 Å². The molecule has 0 aromatic heterocycles. The van der Waals surface area contributed by atoms with Gasteiger partial charge in [-0.15, -0.1) is 0 Å². The van der Waals surface area contributed by atoms with Gasteiger partial charge in [0.05, 0.1) is 11.0 Å². The zero-order valence-corrected chi connectivity index (χ0v) is 16.2. The first-order valence-corrected chi connectivity index (χ1v) is 10.6. The van der Waals surface area contributed by atoms with E-state index in [2.05, 4.69) is 0 Å². The summed E-state index contributed by atoms with van der Waals surface area (Å²) < 4.78 is 5.81. The maximum absolute atomic E-state index is 13.2. The van der Waals surface area contributed by atoms with Crippen LogP contribution < -0.4 is 0 Å². The highest BCUT2D eigenvalue weighted by Gasteiger charge is 2.62. The third kappa shape index (κ3) is 2.88. The lowest BCUT2D eigenvalue weighted by atomic mass is 9.68. The minimum atomic E-state index is -0.817. The summed E-state index contributed by atoms with van der Waals surface area (Å²) in [6.07, 6.45) is 5.50. The van der Waals surface area contributed by atoms with E-state index in [4.69, 9.17) is 4.74 Å². The van der Waals surface area contributed by atoms with Crippen molar-refractivity contribution < 1.29 is 14.6 Å². The van der Waals surface area contributed by atoms with Gasteiger partial charge in [0.2, 0.25) is 0 Å². The average Bonchev–Trinajstić information content (AvgIpc) is 2.98. The van der Waals surface area contributed by atoms with Crippen LogP contribution in [0.25, 0.3) is 0 Å². The quantitative estimate of drug-likeness (QED) is 0.777. The molecule has 3 aliphatic carbocycles. The van der Waals surface area contributed by atoms with Gasteiger partial charge in [0.25, 0.3) is 0 Å². The first-order valence-electron chi connectivity index (χ1n) is 10.6. The average molecular weight is 376 g/mol. The summed E-state index contributed by atoms with van der Waals surface area (Å²) in [4.78, 5) is 13.2. The Morgan fingerprint density at radius 2 is 1.71 bits per heavy atom. The summed E-state index contributed by atoms with van der Waals surface area (Å²) in [5.41, 5.74) is 0.818. The van der Waals surface area contributed by atoms with Crippen LogP contribution in [0.15, 0.2) is 60.7 Å². The van der Waals surface area contributed by atoms with Crippen LogP contribution in [-0.2, 0) is 21.7 Å². The molecule has 0 radical (unpaired) electrons. The van der Waals surface area contributed by atoms with E-state index in [0.29, 0.717) is 18.4 Å². The number of rotatable bonds is 4. The highest BCUT2D eigenvalue weighted by Crippen LogP contribution is 2.64. The molecule has 28 heavy (non-hydrogen) atoms. The number of carbonyl (C=O) groups excluding carboxylic acids is 1. The predicted molar refractivity (Wildman–Crippen MR) is 107 cm³/mol. The van der Waals surface area contributed by atoms with Crippen LogP contribution in [0, 0.1) is 23.2 Å². The van der Waals surface area contributed by atoms with Gasteiger partial charge in [-0.2, -0.15) is 0 Å². The van der Waals surface area contributed by atoms with E-state index in [9.17, 15) is 9.90 Å². The van der Waals surface area contributed by atoms with Crippen LogP contribution in [-0.4, -0.2) is 11.1 Å². The molecule has 3 fully saturated rings. The maximum atomic E-state index is 13.2. The van der Waals surface area contributed by atoms with Gasteiger partial charge in [0.1, 0.15) is 6.61 Å². The topological polar surface area (TPSA) is 46.5 Å². The second kappa shape index (κ2) is 6.73. The summed E-state index contributed by atoms with van der Waals surface area (Å²) in [6.45, 7) is 0.338. The first kappa shape index (κ1) is 17.9. The molecule has 3 nitrogen and oxygen atoms in total. The molecule has 3 saturated carbocycles. The first-order chi connectivity index (χ1) is 13.6. The zero-order chi connectivity index (χ0) is 19.2. The minimum absolute atomic E-state index is 0.0501.